The Hall–Kier alpha value is -2.66. The van der Waals surface area contributed by atoms with Gasteiger partial charge in [-0.25, -0.2) is 0 Å². The summed E-state index contributed by atoms with van der Waals surface area (Å²) in [4.78, 5) is 16.3. The fraction of sp³-hybridized carbons (Fsp3) is 0.462. The van der Waals surface area contributed by atoms with Crippen LogP contribution in [0.4, 0.5) is 0 Å². The number of nitrogens with two attached hydrogens (primary N) is 2. The lowest BCUT2D eigenvalue weighted by atomic mass is 9.90. The molecule has 0 aliphatic heterocycles. The topological polar surface area (TPSA) is 86.9 Å². The van der Waals surface area contributed by atoms with Gasteiger partial charge in [-0.2, -0.15) is 0 Å². The molecule has 2 aromatic heterocycles. The van der Waals surface area contributed by atoms with E-state index >= 15 is 0 Å². The molecule has 1 atom stereocenters. The lowest BCUT2D eigenvalue weighted by molar-refractivity contribution is -0.119. The highest BCUT2D eigenvalue weighted by Gasteiger charge is 2.28. The first kappa shape index (κ1) is 21.6. The van der Waals surface area contributed by atoms with Gasteiger partial charge in [-0.3, -0.25) is 9.78 Å². The van der Waals surface area contributed by atoms with Crippen molar-refractivity contribution >= 4 is 16.8 Å². The van der Waals surface area contributed by atoms with Crippen LogP contribution in [-0.4, -0.2) is 21.5 Å². The van der Waals surface area contributed by atoms with Gasteiger partial charge >= 0.3 is 0 Å². The first-order chi connectivity index (χ1) is 14.8. The van der Waals surface area contributed by atoms with Crippen molar-refractivity contribution in [2.24, 2.45) is 11.5 Å². The summed E-state index contributed by atoms with van der Waals surface area (Å²) in [6, 6.07) is 11.4. The van der Waals surface area contributed by atoms with Gasteiger partial charge in [-0.05, 0) is 80.8 Å². The average Bonchev–Trinajstić information content (AvgIpc) is 3.08. The number of fused-ring (bicyclic) bond motifs is 1. The molecule has 1 saturated carbocycles. The van der Waals surface area contributed by atoms with E-state index in [9.17, 15) is 4.79 Å². The van der Waals surface area contributed by atoms with Gasteiger partial charge in [0.1, 0.15) is 0 Å². The molecule has 5 nitrogen and oxygen atoms in total. The van der Waals surface area contributed by atoms with Crippen molar-refractivity contribution in [3.8, 4) is 11.3 Å². The first-order valence-electron chi connectivity index (χ1n) is 11.4. The van der Waals surface area contributed by atoms with Crippen molar-refractivity contribution in [1.82, 2.24) is 9.55 Å². The molecule has 1 fully saturated rings. The Morgan fingerprint density at radius 1 is 1.10 bits per heavy atom. The number of rotatable bonds is 5. The zero-order valence-corrected chi connectivity index (χ0v) is 19.1. The predicted octanol–water partition coefficient (Wildman–Crippen LogP) is 5.17. The second-order valence-electron chi connectivity index (χ2n) is 9.44. The van der Waals surface area contributed by atoms with Gasteiger partial charge in [0.25, 0.3) is 0 Å². The van der Waals surface area contributed by atoms with Crippen molar-refractivity contribution in [2.45, 2.75) is 77.3 Å². The van der Waals surface area contributed by atoms with Crippen LogP contribution in [0, 0.1) is 6.92 Å². The van der Waals surface area contributed by atoms with Crippen LogP contribution in [0.15, 0.2) is 36.5 Å². The summed E-state index contributed by atoms with van der Waals surface area (Å²) in [5.41, 5.74) is 18.9. The van der Waals surface area contributed by atoms with E-state index in [1.54, 1.807) is 0 Å². The largest absolute Gasteiger partial charge is 0.369 e. The summed E-state index contributed by atoms with van der Waals surface area (Å²) in [7, 11) is 0. The van der Waals surface area contributed by atoms with Gasteiger partial charge in [0.2, 0.25) is 5.91 Å². The molecule has 1 aliphatic carbocycles. The fourth-order valence-electron chi connectivity index (χ4n) is 5.10. The number of hydrogen-bond donors (Lipinski definition) is 2. The number of aryl methyl sites for hydroxylation is 1. The molecule has 4 N–H and O–H groups in total. The Labute approximate surface area is 184 Å². The van der Waals surface area contributed by atoms with Gasteiger partial charge < -0.3 is 16.0 Å². The quantitative estimate of drug-likeness (QED) is 0.599. The summed E-state index contributed by atoms with van der Waals surface area (Å²) < 4.78 is 2.55. The van der Waals surface area contributed by atoms with Crippen molar-refractivity contribution in [1.29, 1.82) is 0 Å². The van der Waals surface area contributed by atoms with E-state index in [4.69, 9.17) is 11.5 Å². The second kappa shape index (κ2) is 8.46. The summed E-state index contributed by atoms with van der Waals surface area (Å²) in [5, 5.41) is 1.22. The lowest BCUT2D eigenvalue weighted by Crippen LogP contribution is -2.28. The summed E-state index contributed by atoms with van der Waals surface area (Å²) >= 11 is 0. The number of benzene rings is 1. The highest BCUT2D eigenvalue weighted by molar-refractivity contribution is 5.94. The molecule has 1 aliphatic rings. The molecule has 1 amide bonds. The molecule has 0 bridgehead atoms. The average molecular weight is 419 g/mol. The van der Waals surface area contributed by atoms with Crippen LogP contribution in [0.1, 0.15) is 81.2 Å². The maximum atomic E-state index is 11.9. The predicted molar refractivity (Wildman–Crippen MR) is 127 cm³/mol. The highest BCUT2D eigenvalue weighted by atomic mass is 16.1. The number of nitrogens with zero attached hydrogens (tertiary/aromatic N) is 2. The zero-order chi connectivity index (χ0) is 22.3. The van der Waals surface area contributed by atoms with E-state index in [0.717, 1.165) is 36.9 Å². The Morgan fingerprint density at radius 2 is 1.81 bits per heavy atom. The number of pyridine rings is 1. The van der Waals surface area contributed by atoms with Crippen LogP contribution in [0.2, 0.25) is 0 Å². The Bertz CT molecular complexity index is 1110. The maximum absolute atomic E-state index is 11.9. The monoisotopic (exact) mass is 418 g/mol. The number of hydrogen-bond acceptors (Lipinski definition) is 3. The third-order valence-corrected chi connectivity index (χ3v) is 6.85. The van der Waals surface area contributed by atoms with Crippen LogP contribution in [-0.2, 0) is 4.79 Å². The zero-order valence-electron chi connectivity index (χ0n) is 19.1. The van der Waals surface area contributed by atoms with E-state index < -0.39 is 0 Å². The second-order valence-corrected chi connectivity index (χ2v) is 9.44. The van der Waals surface area contributed by atoms with Crippen molar-refractivity contribution in [3.63, 3.8) is 0 Å². The molecule has 5 heteroatoms. The van der Waals surface area contributed by atoms with Crippen LogP contribution in [0.3, 0.4) is 0 Å². The molecular weight excluding hydrogens is 384 g/mol. The highest BCUT2D eigenvalue weighted by Crippen LogP contribution is 2.44. The molecule has 0 saturated heterocycles. The van der Waals surface area contributed by atoms with Crippen molar-refractivity contribution < 1.29 is 4.79 Å². The molecule has 31 heavy (non-hydrogen) atoms. The van der Waals surface area contributed by atoms with Gasteiger partial charge in [-0.15, -0.1) is 0 Å². The summed E-state index contributed by atoms with van der Waals surface area (Å²) in [5.74, 6) is -0.277. The van der Waals surface area contributed by atoms with Crippen LogP contribution >= 0.6 is 0 Å². The Morgan fingerprint density at radius 3 is 2.42 bits per heavy atom. The SMILES string of the molecule is Cc1cc(-c2c(C(C)C)c3cc(C(C)C(N)=O)ccc3n2C2CCC(N)CC2)ccn1. The lowest BCUT2D eigenvalue weighted by Gasteiger charge is -2.30. The minimum absolute atomic E-state index is 0.295. The smallest absolute Gasteiger partial charge is 0.224 e. The number of amides is 1. The first-order valence-corrected chi connectivity index (χ1v) is 11.4. The van der Waals surface area contributed by atoms with Gasteiger partial charge in [0, 0.05) is 40.4 Å². The van der Waals surface area contributed by atoms with E-state index in [2.05, 4.69) is 53.7 Å². The maximum Gasteiger partial charge on any atom is 0.224 e. The third-order valence-electron chi connectivity index (χ3n) is 6.85. The standard InChI is InChI=1S/C26H34N4O/c1-15(2)24-22-14-18(17(4)26(28)31)5-10-23(22)30(21-8-6-20(27)7-9-21)25(24)19-11-12-29-16(3)13-19/h5,10-15,17,20-21H,6-9,27H2,1-4H3,(H2,28,31). The third kappa shape index (κ3) is 3.99. The summed E-state index contributed by atoms with van der Waals surface area (Å²) in [6.07, 6.45) is 6.16. The molecule has 0 radical (unpaired) electrons. The molecule has 1 aromatic carbocycles. The van der Waals surface area contributed by atoms with E-state index in [0.29, 0.717) is 18.0 Å². The Balaban J connectivity index is 2.02. The molecular formula is C26H34N4O. The minimum atomic E-state index is -0.313. The number of aromatic nitrogens is 2. The van der Waals surface area contributed by atoms with Gasteiger partial charge in [0.05, 0.1) is 11.6 Å². The molecule has 0 spiro atoms. The molecule has 164 valence electrons. The van der Waals surface area contributed by atoms with Gasteiger partial charge in [0.15, 0.2) is 0 Å². The molecule has 2 heterocycles. The number of carbonyl (C=O) groups excluding carboxylic acids is 1. The molecule has 4 rings (SSSR count). The van der Waals surface area contributed by atoms with E-state index in [1.807, 2.05) is 20.0 Å². The summed E-state index contributed by atoms with van der Waals surface area (Å²) in [6.45, 7) is 8.41. The minimum Gasteiger partial charge on any atom is -0.369 e. The fourth-order valence-corrected chi connectivity index (χ4v) is 5.10. The van der Waals surface area contributed by atoms with Gasteiger partial charge in [-0.1, -0.05) is 19.9 Å². The van der Waals surface area contributed by atoms with E-state index in [1.165, 1.54) is 27.7 Å². The van der Waals surface area contributed by atoms with Crippen LogP contribution in [0.25, 0.3) is 22.2 Å². The van der Waals surface area contributed by atoms with E-state index in [-0.39, 0.29) is 11.8 Å². The van der Waals surface area contributed by atoms with Crippen molar-refractivity contribution in [3.05, 3.63) is 53.3 Å². The Kier molecular flexibility index (Phi) is 5.89. The number of carbonyl (C=O) groups is 1. The number of primary amides is 1. The van der Waals surface area contributed by atoms with Crippen molar-refractivity contribution in [2.75, 3.05) is 0 Å². The van der Waals surface area contributed by atoms with Crippen LogP contribution < -0.4 is 11.5 Å². The normalized spacial score (nSPS) is 20.3. The van der Waals surface area contributed by atoms with Crippen LogP contribution in [0.5, 0.6) is 0 Å². The molecule has 1 unspecified atom stereocenters. The molecule has 3 aromatic rings.